The number of terminal acetylenes is 1. The van der Waals surface area contributed by atoms with Gasteiger partial charge in [-0.3, -0.25) is 4.79 Å². The lowest BCUT2D eigenvalue weighted by molar-refractivity contribution is -0.111. The van der Waals surface area contributed by atoms with Gasteiger partial charge in [-0.1, -0.05) is 0 Å². The molecule has 1 aliphatic heterocycles. The molecule has 0 unspecified atom stereocenters. The Balaban J connectivity index is 2.21. The molecule has 1 N–H and O–H groups in total. The molecule has 1 aliphatic rings. The van der Waals surface area contributed by atoms with Gasteiger partial charge in [0.2, 0.25) is 0 Å². The lowest BCUT2D eigenvalue weighted by atomic mass is 10.1. The molecule has 1 amide bonds. The molecule has 0 bridgehead atoms. The van der Waals surface area contributed by atoms with Gasteiger partial charge >= 0.3 is 0 Å². The van der Waals surface area contributed by atoms with Crippen LogP contribution in [-0.4, -0.2) is 12.5 Å². The molecular weight excluding hydrogens is 178 g/mol. The van der Waals surface area contributed by atoms with Gasteiger partial charge in [0.15, 0.2) is 0 Å². The zero-order valence-corrected chi connectivity index (χ0v) is 7.54. The summed E-state index contributed by atoms with van der Waals surface area (Å²) in [7, 11) is 0. The maximum atomic E-state index is 10.9. The second kappa shape index (κ2) is 3.43. The Morgan fingerprint density at radius 1 is 1.57 bits per heavy atom. The molecule has 14 heavy (non-hydrogen) atoms. The van der Waals surface area contributed by atoms with Crippen molar-refractivity contribution in [2.45, 2.75) is 6.42 Å². The third-order valence-electron chi connectivity index (χ3n) is 2.08. The number of benzene rings is 1. The van der Waals surface area contributed by atoms with Crippen molar-refractivity contribution in [3.05, 3.63) is 23.8 Å². The predicted octanol–water partition coefficient (Wildman–Crippen LogP) is 1.19. The number of carbonyl (C=O) groups excluding carboxylic acids is 1. The van der Waals surface area contributed by atoms with Gasteiger partial charge in [-0.05, 0) is 29.7 Å². The van der Waals surface area contributed by atoms with E-state index in [1.54, 1.807) is 6.07 Å². The van der Waals surface area contributed by atoms with Gasteiger partial charge in [-0.2, -0.15) is 0 Å². The van der Waals surface area contributed by atoms with Crippen LogP contribution in [0.1, 0.15) is 5.56 Å². The smallest absolute Gasteiger partial charge is 0.300 e. The summed E-state index contributed by atoms with van der Waals surface area (Å²) in [4.78, 5) is 10.9. The lowest BCUT2D eigenvalue weighted by Crippen LogP contribution is -2.07. The van der Waals surface area contributed by atoms with Gasteiger partial charge in [-0.15, -0.1) is 6.42 Å². The zero-order valence-electron chi connectivity index (χ0n) is 7.54. The fourth-order valence-electron chi connectivity index (χ4n) is 1.43. The minimum absolute atomic E-state index is 0.427. The minimum Gasteiger partial charge on any atom is -0.493 e. The predicted molar refractivity (Wildman–Crippen MR) is 53.1 cm³/mol. The third kappa shape index (κ3) is 1.55. The van der Waals surface area contributed by atoms with Crippen LogP contribution in [0.25, 0.3) is 0 Å². The van der Waals surface area contributed by atoms with Gasteiger partial charge < -0.3 is 10.1 Å². The lowest BCUT2D eigenvalue weighted by Gasteiger charge is -2.03. The second-order valence-electron chi connectivity index (χ2n) is 3.02. The highest BCUT2D eigenvalue weighted by atomic mass is 16.5. The average molecular weight is 187 g/mol. The molecule has 1 aromatic carbocycles. The quantitative estimate of drug-likeness (QED) is 0.671. The van der Waals surface area contributed by atoms with Crippen LogP contribution in [0.3, 0.4) is 0 Å². The maximum absolute atomic E-state index is 10.9. The molecule has 0 aromatic heterocycles. The fourth-order valence-corrected chi connectivity index (χ4v) is 1.43. The Morgan fingerprint density at radius 2 is 2.43 bits per heavy atom. The fraction of sp³-hybridized carbons (Fsp3) is 0.182. The normalized spacial score (nSPS) is 12.5. The summed E-state index contributed by atoms with van der Waals surface area (Å²) < 4.78 is 5.33. The van der Waals surface area contributed by atoms with E-state index >= 15 is 0 Å². The van der Waals surface area contributed by atoms with Crippen LogP contribution in [0.2, 0.25) is 0 Å². The van der Waals surface area contributed by atoms with Crippen molar-refractivity contribution in [3.63, 3.8) is 0 Å². The molecule has 0 fully saturated rings. The Labute approximate surface area is 82.1 Å². The summed E-state index contributed by atoms with van der Waals surface area (Å²) in [5.74, 6) is 2.47. The first-order chi connectivity index (χ1) is 6.79. The molecule has 2 rings (SSSR count). The zero-order chi connectivity index (χ0) is 9.97. The second-order valence-corrected chi connectivity index (χ2v) is 3.02. The standard InChI is InChI=1S/C11H9NO2/c1-2-11(13)12-9-3-4-10-8(7-9)5-6-14-10/h1,3-4,7H,5-6H2,(H,12,13). The van der Waals surface area contributed by atoms with Crippen molar-refractivity contribution in [2.75, 3.05) is 11.9 Å². The Kier molecular flexibility index (Phi) is 2.11. The van der Waals surface area contributed by atoms with Gasteiger partial charge in [0, 0.05) is 12.1 Å². The SMILES string of the molecule is C#CC(=O)Nc1ccc2c(c1)CCO2. The summed E-state index contributed by atoms with van der Waals surface area (Å²) in [5.41, 5.74) is 1.83. The molecular formula is C11H9NO2. The van der Waals surface area contributed by atoms with E-state index in [0.717, 1.165) is 23.4 Å². The topological polar surface area (TPSA) is 38.3 Å². The Bertz CT molecular complexity index is 418. The summed E-state index contributed by atoms with van der Waals surface area (Å²) in [5, 5.41) is 2.59. The molecule has 3 heteroatoms. The number of carbonyl (C=O) groups is 1. The summed E-state index contributed by atoms with van der Waals surface area (Å²) in [6.45, 7) is 0.710. The van der Waals surface area contributed by atoms with Gasteiger partial charge in [0.25, 0.3) is 5.91 Å². The Hall–Kier alpha value is -1.95. The van der Waals surface area contributed by atoms with E-state index in [9.17, 15) is 4.79 Å². The van der Waals surface area contributed by atoms with Crippen LogP contribution in [0.4, 0.5) is 5.69 Å². The van der Waals surface area contributed by atoms with E-state index in [1.807, 2.05) is 18.1 Å². The van der Waals surface area contributed by atoms with Crippen molar-refractivity contribution >= 4 is 11.6 Å². The highest BCUT2D eigenvalue weighted by molar-refractivity contribution is 6.03. The third-order valence-corrected chi connectivity index (χ3v) is 2.08. The molecule has 70 valence electrons. The van der Waals surface area contributed by atoms with Crippen LogP contribution in [0, 0.1) is 12.3 Å². The van der Waals surface area contributed by atoms with Crippen molar-refractivity contribution in [3.8, 4) is 18.1 Å². The molecule has 1 heterocycles. The number of fused-ring (bicyclic) bond motifs is 1. The number of anilines is 1. The van der Waals surface area contributed by atoms with Crippen LogP contribution in [-0.2, 0) is 11.2 Å². The van der Waals surface area contributed by atoms with E-state index in [2.05, 4.69) is 5.32 Å². The van der Waals surface area contributed by atoms with Crippen molar-refractivity contribution in [1.82, 2.24) is 0 Å². The van der Waals surface area contributed by atoms with Crippen LogP contribution in [0.15, 0.2) is 18.2 Å². The summed E-state index contributed by atoms with van der Waals surface area (Å²) in [6.07, 6.45) is 5.83. The molecule has 0 spiro atoms. The molecule has 3 nitrogen and oxygen atoms in total. The van der Waals surface area contributed by atoms with Gasteiger partial charge in [-0.25, -0.2) is 0 Å². The van der Waals surface area contributed by atoms with Crippen LogP contribution in [0.5, 0.6) is 5.75 Å². The highest BCUT2D eigenvalue weighted by Crippen LogP contribution is 2.27. The first kappa shape index (κ1) is 8.64. The molecule has 0 atom stereocenters. The molecule has 0 saturated heterocycles. The van der Waals surface area contributed by atoms with Crippen LogP contribution < -0.4 is 10.1 Å². The first-order valence-electron chi connectivity index (χ1n) is 4.33. The molecule has 0 saturated carbocycles. The summed E-state index contributed by atoms with van der Waals surface area (Å²) in [6, 6.07) is 5.51. The molecule has 1 aromatic rings. The number of ether oxygens (including phenoxy) is 1. The van der Waals surface area contributed by atoms with E-state index in [-0.39, 0.29) is 0 Å². The largest absolute Gasteiger partial charge is 0.493 e. The summed E-state index contributed by atoms with van der Waals surface area (Å²) >= 11 is 0. The first-order valence-corrected chi connectivity index (χ1v) is 4.33. The molecule has 0 aliphatic carbocycles. The van der Waals surface area contributed by atoms with E-state index < -0.39 is 5.91 Å². The average Bonchev–Trinajstić information content (AvgIpc) is 2.64. The number of hydrogen-bond donors (Lipinski definition) is 1. The van der Waals surface area contributed by atoms with Crippen molar-refractivity contribution < 1.29 is 9.53 Å². The van der Waals surface area contributed by atoms with Crippen molar-refractivity contribution in [2.24, 2.45) is 0 Å². The van der Waals surface area contributed by atoms with Crippen molar-refractivity contribution in [1.29, 1.82) is 0 Å². The minimum atomic E-state index is -0.427. The van der Waals surface area contributed by atoms with Gasteiger partial charge in [0.05, 0.1) is 6.61 Å². The number of hydrogen-bond acceptors (Lipinski definition) is 2. The maximum Gasteiger partial charge on any atom is 0.300 e. The van der Waals surface area contributed by atoms with Crippen LogP contribution >= 0.6 is 0 Å². The van der Waals surface area contributed by atoms with Gasteiger partial charge in [0.1, 0.15) is 5.75 Å². The molecule has 0 radical (unpaired) electrons. The monoisotopic (exact) mass is 187 g/mol. The van der Waals surface area contributed by atoms with E-state index in [0.29, 0.717) is 6.61 Å². The number of amides is 1. The number of nitrogens with one attached hydrogen (secondary N) is 1. The van der Waals surface area contributed by atoms with E-state index in [4.69, 9.17) is 11.2 Å². The Morgan fingerprint density at radius 3 is 3.21 bits per heavy atom. The highest BCUT2D eigenvalue weighted by Gasteiger charge is 2.12. The number of rotatable bonds is 1. The van der Waals surface area contributed by atoms with E-state index in [1.165, 1.54) is 0 Å².